The lowest BCUT2D eigenvalue weighted by Gasteiger charge is -2.25. The third-order valence-corrected chi connectivity index (χ3v) is 5.12. The number of carboxylic acids is 1. The number of hydrogen-bond donors (Lipinski definition) is 3. The van der Waals surface area contributed by atoms with E-state index in [4.69, 9.17) is 10.2 Å². The number of aliphatic carboxylic acids is 1. The Kier molecular flexibility index (Phi) is 6.51. The highest BCUT2D eigenvalue weighted by atomic mass is 16.4. The molecule has 1 aromatic carbocycles. The molecule has 1 saturated heterocycles. The molecule has 1 aliphatic heterocycles. The van der Waals surface area contributed by atoms with Crippen molar-refractivity contribution in [3.8, 4) is 0 Å². The third kappa shape index (κ3) is 4.68. The van der Waals surface area contributed by atoms with Crippen molar-refractivity contribution >= 4 is 17.8 Å². The van der Waals surface area contributed by atoms with Crippen LogP contribution in [0.4, 0.5) is 0 Å². The number of aromatic nitrogens is 1. The lowest BCUT2D eigenvalue weighted by Crippen LogP contribution is -2.51. The first-order valence-electron chi connectivity index (χ1n) is 9.89. The number of nitrogens with two attached hydrogens (primary N) is 1. The first kappa shape index (κ1) is 21.5. The number of amides is 2. The van der Waals surface area contributed by atoms with E-state index in [-0.39, 0.29) is 18.0 Å². The van der Waals surface area contributed by atoms with Gasteiger partial charge in [-0.2, -0.15) is 0 Å². The fourth-order valence-corrected chi connectivity index (χ4v) is 3.55. The highest BCUT2D eigenvalue weighted by Crippen LogP contribution is 2.23. The summed E-state index contributed by atoms with van der Waals surface area (Å²) in [6, 6.07) is 6.75. The smallest absolute Gasteiger partial charge is 0.326 e. The average Bonchev–Trinajstić information content (AvgIpc) is 3.34. The van der Waals surface area contributed by atoms with Crippen LogP contribution in [0.5, 0.6) is 0 Å². The molecule has 9 nitrogen and oxygen atoms in total. The molecule has 2 heterocycles. The predicted molar refractivity (Wildman–Crippen MR) is 108 cm³/mol. The molecule has 30 heavy (non-hydrogen) atoms. The zero-order valence-electron chi connectivity index (χ0n) is 17.0. The SMILES string of the molecule is Cc1oc(C(C)N)nc1C(=O)N1CCCC1C(=O)NC(Cc1ccccc1)C(=O)O. The van der Waals surface area contributed by atoms with Gasteiger partial charge in [0.15, 0.2) is 5.69 Å². The number of aryl methyl sites for hydroxylation is 1. The highest BCUT2D eigenvalue weighted by Gasteiger charge is 2.38. The summed E-state index contributed by atoms with van der Waals surface area (Å²) in [7, 11) is 0. The van der Waals surface area contributed by atoms with Crippen LogP contribution in [0.1, 0.15) is 53.5 Å². The van der Waals surface area contributed by atoms with E-state index in [1.54, 1.807) is 26.0 Å². The van der Waals surface area contributed by atoms with Crippen LogP contribution in [0, 0.1) is 6.92 Å². The molecule has 3 unspecified atom stereocenters. The fourth-order valence-electron chi connectivity index (χ4n) is 3.55. The number of oxazole rings is 1. The molecule has 2 amide bonds. The molecule has 0 radical (unpaired) electrons. The van der Waals surface area contributed by atoms with Crippen LogP contribution < -0.4 is 11.1 Å². The number of likely N-dealkylation sites (tertiary alicyclic amines) is 1. The quantitative estimate of drug-likeness (QED) is 0.623. The summed E-state index contributed by atoms with van der Waals surface area (Å²) in [5.74, 6) is -1.44. The highest BCUT2D eigenvalue weighted by molar-refractivity contribution is 5.97. The van der Waals surface area contributed by atoms with Crippen molar-refractivity contribution in [2.45, 2.75) is 51.2 Å². The Morgan fingerprint density at radius 3 is 2.63 bits per heavy atom. The van der Waals surface area contributed by atoms with Gasteiger partial charge < -0.3 is 25.5 Å². The minimum atomic E-state index is -1.13. The van der Waals surface area contributed by atoms with Gasteiger partial charge in [-0.3, -0.25) is 9.59 Å². The molecule has 1 fully saturated rings. The molecular weight excluding hydrogens is 388 g/mol. The van der Waals surface area contributed by atoms with Gasteiger partial charge in [0.2, 0.25) is 11.8 Å². The van der Waals surface area contributed by atoms with Crippen molar-refractivity contribution in [1.82, 2.24) is 15.2 Å². The molecule has 4 N–H and O–H groups in total. The second-order valence-electron chi connectivity index (χ2n) is 7.49. The van der Waals surface area contributed by atoms with Crippen molar-refractivity contribution in [3.05, 3.63) is 53.2 Å². The Labute approximate surface area is 174 Å². The molecule has 1 aromatic heterocycles. The summed E-state index contributed by atoms with van der Waals surface area (Å²) < 4.78 is 5.45. The minimum absolute atomic E-state index is 0.126. The third-order valence-electron chi connectivity index (χ3n) is 5.12. The van der Waals surface area contributed by atoms with E-state index in [0.29, 0.717) is 25.1 Å². The van der Waals surface area contributed by atoms with Gasteiger partial charge in [-0.1, -0.05) is 30.3 Å². The maximum absolute atomic E-state index is 13.0. The van der Waals surface area contributed by atoms with E-state index < -0.39 is 35.9 Å². The summed E-state index contributed by atoms with van der Waals surface area (Å²) in [6.07, 6.45) is 1.24. The van der Waals surface area contributed by atoms with Crippen molar-refractivity contribution in [2.24, 2.45) is 5.73 Å². The average molecular weight is 414 g/mol. The molecular formula is C21H26N4O5. The molecule has 0 saturated carbocycles. The monoisotopic (exact) mass is 414 g/mol. The zero-order chi connectivity index (χ0) is 21.8. The molecule has 2 aromatic rings. The topological polar surface area (TPSA) is 139 Å². The van der Waals surface area contributed by atoms with E-state index in [9.17, 15) is 19.5 Å². The maximum atomic E-state index is 13.0. The van der Waals surface area contributed by atoms with Gasteiger partial charge in [-0.25, -0.2) is 9.78 Å². The molecule has 0 aliphatic carbocycles. The number of hydrogen-bond acceptors (Lipinski definition) is 6. The van der Waals surface area contributed by atoms with Crippen LogP contribution in [0.3, 0.4) is 0 Å². The number of rotatable bonds is 7. The number of benzene rings is 1. The number of nitrogens with one attached hydrogen (secondary N) is 1. The maximum Gasteiger partial charge on any atom is 0.326 e. The van der Waals surface area contributed by atoms with Gasteiger partial charge in [-0.15, -0.1) is 0 Å². The van der Waals surface area contributed by atoms with Crippen LogP contribution in [-0.2, 0) is 16.0 Å². The summed E-state index contributed by atoms with van der Waals surface area (Å²) in [5.41, 5.74) is 6.69. The van der Waals surface area contributed by atoms with E-state index in [1.807, 2.05) is 18.2 Å². The van der Waals surface area contributed by atoms with Crippen LogP contribution >= 0.6 is 0 Å². The van der Waals surface area contributed by atoms with Crippen LogP contribution in [0.2, 0.25) is 0 Å². The lowest BCUT2D eigenvalue weighted by molar-refractivity contribution is -0.142. The van der Waals surface area contributed by atoms with Gasteiger partial charge in [0, 0.05) is 13.0 Å². The summed E-state index contributed by atoms with van der Waals surface area (Å²) >= 11 is 0. The normalized spacial score (nSPS) is 18.1. The Morgan fingerprint density at radius 2 is 2.03 bits per heavy atom. The largest absolute Gasteiger partial charge is 0.480 e. The Hall–Kier alpha value is -3.20. The van der Waals surface area contributed by atoms with E-state index in [2.05, 4.69) is 10.3 Å². The minimum Gasteiger partial charge on any atom is -0.480 e. The van der Waals surface area contributed by atoms with Gasteiger partial charge in [0.05, 0.1) is 6.04 Å². The summed E-state index contributed by atoms with van der Waals surface area (Å²) in [5, 5.41) is 12.1. The predicted octanol–water partition coefficient (Wildman–Crippen LogP) is 1.42. The molecule has 3 atom stereocenters. The lowest BCUT2D eigenvalue weighted by atomic mass is 10.1. The first-order chi connectivity index (χ1) is 14.3. The van der Waals surface area contributed by atoms with Crippen molar-refractivity contribution in [3.63, 3.8) is 0 Å². The van der Waals surface area contributed by atoms with Crippen LogP contribution in [0.15, 0.2) is 34.7 Å². The molecule has 3 rings (SSSR count). The van der Waals surface area contributed by atoms with Crippen LogP contribution in [0.25, 0.3) is 0 Å². The standard InChI is InChI=1S/C21H26N4O5/c1-12(22)19-24-17(13(2)30-19)20(27)25-10-6-9-16(25)18(26)23-15(21(28)29)11-14-7-4-3-5-8-14/h3-5,7-8,12,15-16H,6,9-11,22H2,1-2H3,(H,23,26)(H,28,29). The van der Waals surface area contributed by atoms with Crippen molar-refractivity contribution in [2.75, 3.05) is 6.54 Å². The van der Waals surface area contributed by atoms with Gasteiger partial charge in [-0.05, 0) is 32.3 Å². The van der Waals surface area contributed by atoms with E-state index >= 15 is 0 Å². The first-order valence-corrected chi connectivity index (χ1v) is 9.89. The molecule has 160 valence electrons. The Balaban J connectivity index is 1.73. The number of nitrogens with zero attached hydrogens (tertiary/aromatic N) is 2. The van der Waals surface area contributed by atoms with Crippen molar-refractivity contribution < 1.29 is 23.9 Å². The summed E-state index contributed by atoms with van der Waals surface area (Å²) in [6.45, 7) is 3.70. The molecule has 9 heteroatoms. The zero-order valence-corrected chi connectivity index (χ0v) is 17.0. The van der Waals surface area contributed by atoms with Gasteiger partial charge in [0.1, 0.15) is 17.8 Å². The Bertz CT molecular complexity index is 925. The fraction of sp³-hybridized carbons (Fsp3) is 0.429. The van der Waals surface area contributed by atoms with E-state index in [0.717, 1.165) is 5.56 Å². The van der Waals surface area contributed by atoms with Gasteiger partial charge >= 0.3 is 5.97 Å². The van der Waals surface area contributed by atoms with Gasteiger partial charge in [0.25, 0.3) is 5.91 Å². The number of carbonyl (C=O) groups excluding carboxylic acids is 2. The molecule has 0 spiro atoms. The second kappa shape index (κ2) is 9.08. The molecule has 0 bridgehead atoms. The Morgan fingerprint density at radius 1 is 1.33 bits per heavy atom. The second-order valence-corrected chi connectivity index (χ2v) is 7.49. The number of carbonyl (C=O) groups is 3. The summed E-state index contributed by atoms with van der Waals surface area (Å²) in [4.78, 5) is 43.1. The van der Waals surface area contributed by atoms with E-state index in [1.165, 1.54) is 4.90 Å². The number of carboxylic acid groups (broad SMARTS) is 1. The van der Waals surface area contributed by atoms with Crippen molar-refractivity contribution in [1.29, 1.82) is 0 Å². The van der Waals surface area contributed by atoms with Crippen LogP contribution in [-0.4, -0.2) is 51.4 Å². The molecule has 1 aliphatic rings.